The van der Waals surface area contributed by atoms with Gasteiger partial charge in [0.25, 0.3) is 0 Å². The molecule has 0 aromatic carbocycles. The smallest absolute Gasteiger partial charge is 0.302 e. The Bertz CT molecular complexity index is 114. The SMILES string of the molecule is CC(=O)OCC(O)CO.OCCO. The summed E-state index contributed by atoms with van der Waals surface area (Å²) in [6, 6.07) is 0. The van der Waals surface area contributed by atoms with E-state index in [1.165, 1.54) is 6.92 Å². The lowest BCUT2D eigenvalue weighted by molar-refractivity contribution is -0.144. The van der Waals surface area contributed by atoms with Crippen LogP contribution in [-0.4, -0.2) is 58.9 Å². The molecule has 6 nitrogen and oxygen atoms in total. The first kappa shape index (κ1) is 14.8. The number of carbonyl (C=O) groups is 1. The average Bonchev–Trinajstić information content (AvgIpc) is 2.14. The Kier molecular flexibility index (Phi) is 12.9. The van der Waals surface area contributed by atoms with Gasteiger partial charge in [-0.25, -0.2) is 0 Å². The molecular formula is C7H16O6. The lowest BCUT2D eigenvalue weighted by Crippen LogP contribution is -2.20. The molecule has 0 heterocycles. The third kappa shape index (κ3) is 18.3. The highest BCUT2D eigenvalue weighted by Gasteiger charge is 2.02. The summed E-state index contributed by atoms with van der Waals surface area (Å²) in [5.74, 6) is -0.456. The molecule has 1 atom stereocenters. The maximum atomic E-state index is 10.0. The average molecular weight is 196 g/mol. The molecule has 0 saturated heterocycles. The van der Waals surface area contributed by atoms with Crippen molar-refractivity contribution in [2.75, 3.05) is 26.4 Å². The molecule has 0 rings (SSSR count). The second kappa shape index (κ2) is 11.3. The van der Waals surface area contributed by atoms with Crippen molar-refractivity contribution in [1.82, 2.24) is 0 Å². The van der Waals surface area contributed by atoms with Gasteiger partial charge in [0.15, 0.2) is 0 Å². The molecule has 0 bridgehead atoms. The number of hydrogen-bond acceptors (Lipinski definition) is 6. The van der Waals surface area contributed by atoms with E-state index in [2.05, 4.69) is 4.74 Å². The summed E-state index contributed by atoms with van der Waals surface area (Å²) in [6.45, 7) is 0.475. The van der Waals surface area contributed by atoms with Crippen molar-refractivity contribution >= 4 is 5.97 Å². The first-order valence-electron chi connectivity index (χ1n) is 3.72. The zero-order chi connectivity index (χ0) is 10.7. The maximum absolute atomic E-state index is 10.0. The highest BCUT2D eigenvalue weighted by Crippen LogP contribution is 1.82. The van der Waals surface area contributed by atoms with E-state index in [1.807, 2.05) is 0 Å². The van der Waals surface area contributed by atoms with Crippen LogP contribution in [0.25, 0.3) is 0 Å². The van der Waals surface area contributed by atoms with Crippen molar-refractivity contribution < 1.29 is 30.0 Å². The van der Waals surface area contributed by atoms with Gasteiger partial charge in [-0.3, -0.25) is 4.79 Å². The summed E-state index contributed by atoms with van der Waals surface area (Å²) in [5.41, 5.74) is 0. The molecule has 4 N–H and O–H groups in total. The van der Waals surface area contributed by atoms with Gasteiger partial charge in [0.1, 0.15) is 12.7 Å². The highest BCUT2D eigenvalue weighted by atomic mass is 16.5. The van der Waals surface area contributed by atoms with E-state index < -0.39 is 12.1 Å². The zero-order valence-corrected chi connectivity index (χ0v) is 7.51. The minimum Gasteiger partial charge on any atom is -0.463 e. The monoisotopic (exact) mass is 196 g/mol. The maximum Gasteiger partial charge on any atom is 0.302 e. The minimum atomic E-state index is -0.950. The predicted molar refractivity (Wildman–Crippen MR) is 43.9 cm³/mol. The highest BCUT2D eigenvalue weighted by molar-refractivity contribution is 5.65. The van der Waals surface area contributed by atoms with Crippen LogP contribution in [0.3, 0.4) is 0 Å². The Morgan fingerprint density at radius 2 is 1.77 bits per heavy atom. The van der Waals surface area contributed by atoms with Gasteiger partial charge in [0, 0.05) is 6.92 Å². The van der Waals surface area contributed by atoms with E-state index in [4.69, 9.17) is 20.4 Å². The number of aliphatic hydroxyl groups excluding tert-OH is 4. The molecule has 0 aliphatic rings. The lowest BCUT2D eigenvalue weighted by Gasteiger charge is -2.05. The fraction of sp³-hybridized carbons (Fsp3) is 0.857. The molecule has 0 amide bonds. The van der Waals surface area contributed by atoms with Gasteiger partial charge in [0.05, 0.1) is 19.8 Å². The van der Waals surface area contributed by atoms with Crippen LogP contribution in [-0.2, 0) is 9.53 Å². The van der Waals surface area contributed by atoms with Crippen molar-refractivity contribution in [3.05, 3.63) is 0 Å². The van der Waals surface area contributed by atoms with Crippen LogP contribution in [0, 0.1) is 0 Å². The van der Waals surface area contributed by atoms with Crippen molar-refractivity contribution in [3.8, 4) is 0 Å². The Morgan fingerprint density at radius 1 is 1.31 bits per heavy atom. The number of aliphatic hydroxyl groups is 4. The number of hydrogen-bond donors (Lipinski definition) is 4. The van der Waals surface area contributed by atoms with Crippen molar-refractivity contribution in [3.63, 3.8) is 0 Å². The molecule has 0 radical (unpaired) electrons. The largest absolute Gasteiger partial charge is 0.463 e. The van der Waals surface area contributed by atoms with Crippen LogP contribution in [0.1, 0.15) is 6.92 Å². The van der Waals surface area contributed by atoms with E-state index in [0.717, 1.165) is 0 Å². The van der Waals surface area contributed by atoms with Crippen molar-refractivity contribution in [2.45, 2.75) is 13.0 Å². The second-order valence-electron chi connectivity index (χ2n) is 2.09. The topological polar surface area (TPSA) is 107 Å². The summed E-state index contributed by atoms with van der Waals surface area (Å²) in [6.07, 6.45) is -0.950. The van der Waals surface area contributed by atoms with Gasteiger partial charge in [0.2, 0.25) is 0 Å². The Balaban J connectivity index is 0. The Morgan fingerprint density at radius 3 is 2.00 bits per heavy atom. The van der Waals surface area contributed by atoms with Gasteiger partial charge in [-0.1, -0.05) is 0 Å². The van der Waals surface area contributed by atoms with Gasteiger partial charge in [-0.2, -0.15) is 0 Å². The molecule has 1 unspecified atom stereocenters. The fourth-order valence-corrected chi connectivity index (χ4v) is 0.266. The molecule has 80 valence electrons. The normalized spacial score (nSPS) is 11.2. The summed E-state index contributed by atoms with van der Waals surface area (Å²) < 4.78 is 4.35. The molecule has 6 heteroatoms. The van der Waals surface area contributed by atoms with Gasteiger partial charge >= 0.3 is 5.97 Å². The first-order valence-corrected chi connectivity index (χ1v) is 3.72. The minimum absolute atomic E-state index is 0.125. The summed E-state index contributed by atoms with van der Waals surface area (Å²) in [5, 5.41) is 32.0. The van der Waals surface area contributed by atoms with Gasteiger partial charge in [-0.15, -0.1) is 0 Å². The molecule has 13 heavy (non-hydrogen) atoms. The lowest BCUT2D eigenvalue weighted by atomic mass is 10.4. The van der Waals surface area contributed by atoms with Crippen LogP contribution in [0.2, 0.25) is 0 Å². The molecule has 0 saturated carbocycles. The molecular weight excluding hydrogens is 180 g/mol. The predicted octanol–water partition coefficient (Wildman–Crippen LogP) is -2.13. The van der Waals surface area contributed by atoms with Crippen molar-refractivity contribution in [2.24, 2.45) is 0 Å². The Hall–Kier alpha value is -0.690. The molecule has 0 fully saturated rings. The Labute approximate surface area is 76.4 Å². The summed E-state index contributed by atoms with van der Waals surface area (Å²) in [4.78, 5) is 10.0. The van der Waals surface area contributed by atoms with E-state index in [9.17, 15) is 4.79 Å². The van der Waals surface area contributed by atoms with E-state index >= 15 is 0 Å². The summed E-state index contributed by atoms with van der Waals surface area (Å²) >= 11 is 0. The van der Waals surface area contributed by atoms with Crippen LogP contribution in [0.4, 0.5) is 0 Å². The number of rotatable bonds is 4. The molecule has 0 aromatic rings. The third-order valence-corrected chi connectivity index (χ3v) is 0.790. The number of carbonyl (C=O) groups excluding carboxylic acids is 1. The van der Waals surface area contributed by atoms with E-state index in [1.54, 1.807) is 0 Å². The van der Waals surface area contributed by atoms with E-state index in [-0.39, 0.29) is 26.4 Å². The van der Waals surface area contributed by atoms with Gasteiger partial charge in [-0.05, 0) is 0 Å². The summed E-state index contributed by atoms with van der Waals surface area (Å²) in [7, 11) is 0. The number of ether oxygens (including phenoxy) is 1. The van der Waals surface area contributed by atoms with Crippen LogP contribution < -0.4 is 0 Å². The second-order valence-corrected chi connectivity index (χ2v) is 2.09. The van der Waals surface area contributed by atoms with Crippen LogP contribution >= 0.6 is 0 Å². The fourth-order valence-electron chi connectivity index (χ4n) is 0.266. The zero-order valence-electron chi connectivity index (χ0n) is 7.51. The van der Waals surface area contributed by atoms with Crippen molar-refractivity contribution in [1.29, 1.82) is 0 Å². The van der Waals surface area contributed by atoms with Gasteiger partial charge < -0.3 is 25.2 Å². The first-order chi connectivity index (χ1) is 6.08. The molecule has 0 aliphatic heterocycles. The molecule has 0 aliphatic carbocycles. The molecule has 0 spiro atoms. The number of esters is 1. The van der Waals surface area contributed by atoms with Crippen LogP contribution in [0.5, 0.6) is 0 Å². The van der Waals surface area contributed by atoms with Crippen LogP contribution in [0.15, 0.2) is 0 Å². The molecule has 0 aromatic heterocycles. The third-order valence-electron chi connectivity index (χ3n) is 0.790. The van der Waals surface area contributed by atoms with E-state index in [0.29, 0.717) is 0 Å². The quantitative estimate of drug-likeness (QED) is 0.383. The standard InChI is InChI=1S/C5H10O4.C2H6O2/c1-4(7)9-3-5(8)2-6;3-1-2-4/h5-6,8H,2-3H2,1H3;3-4H,1-2H2.